The van der Waals surface area contributed by atoms with Gasteiger partial charge in [-0.15, -0.1) is 11.3 Å². The first-order valence-corrected chi connectivity index (χ1v) is 5.76. The lowest BCUT2D eigenvalue weighted by Crippen LogP contribution is -2.32. The smallest absolute Gasteiger partial charge is 0.238 e. The number of ether oxygens (including phenoxy) is 1. The Balaban J connectivity index is 2.07. The van der Waals surface area contributed by atoms with Crippen LogP contribution in [0.25, 0.3) is 0 Å². The Hall–Kier alpha value is -0.910. The van der Waals surface area contributed by atoms with E-state index in [1.54, 1.807) is 18.4 Å². The molecule has 0 aromatic carbocycles. The van der Waals surface area contributed by atoms with Crippen molar-refractivity contribution in [3.8, 4) is 0 Å². The molecule has 1 saturated heterocycles. The molecule has 1 aliphatic rings. The highest BCUT2D eigenvalue weighted by atomic mass is 32.1. The van der Waals surface area contributed by atoms with Crippen molar-refractivity contribution in [1.82, 2.24) is 10.2 Å². The van der Waals surface area contributed by atoms with Crippen LogP contribution < -0.4 is 5.32 Å². The minimum absolute atomic E-state index is 0.0349. The Morgan fingerprint density at radius 2 is 2.60 bits per heavy atom. The van der Waals surface area contributed by atoms with Gasteiger partial charge in [-0.1, -0.05) is 6.07 Å². The molecule has 1 fully saturated rings. The molecule has 1 amide bonds. The number of nitrogens with zero attached hydrogens (tertiary/aromatic N) is 1. The molecule has 0 saturated carbocycles. The van der Waals surface area contributed by atoms with Gasteiger partial charge in [0.1, 0.15) is 6.17 Å². The molecule has 0 spiro atoms. The highest BCUT2D eigenvalue weighted by Gasteiger charge is 2.31. The number of carbonyl (C=O) groups is 1. The van der Waals surface area contributed by atoms with Crippen LogP contribution >= 0.6 is 11.3 Å². The van der Waals surface area contributed by atoms with Gasteiger partial charge in [0.25, 0.3) is 0 Å². The third-order valence-electron chi connectivity index (χ3n) is 2.43. The number of hydrogen-bond acceptors (Lipinski definition) is 4. The van der Waals surface area contributed by atoms with E-state index in [1.807, 2.05) is 22.4 Å². The number of carbonyl (C=O) groups excluding carboxylic acids is 1. The predicted octanol–water partition coefficient (Wildman–Crippen LogP) is 0.825. The Morgan fingerprint density at radius 3 is 3.27 bits per heavy atom. The molecule has 1 unspecified atom stereocenters. The van der Waals surface area contributed by atoms with Crippen molar-refractivity contribution >= 4 is 17.2 Å². The number of hydrogen-bond donors (Lipinski definition) is 1. The van der Waals surface area contributed by atoms with Crippen molar-refractivity contribution in [3.05, 3.63) is 22.4 Å². The minimum atomic E-state index is 0.0349. The first kappa shape index (κ1) is 10.6. The lowest BCUT2D eigenvalue weighted by molar-refractivity contribution is -0.128. The zero-order chi connectivity index (χ0) is 10.7. The number of nitrogens with one attached hydrogen (secondary N) is 1. The van der Waals surface area contributed by atoms with Crippen LogP contribution in [0.3, 0.4) is 0 Å². The maximum absolute atomic E-state index is 11.6. The van der Waals surface area contributed by atoms with E-state index in [2.05, 4.69) is 5.32 Å². The second-order valence-corrected chi connectivity index (χ2v) is 4.36. The van der Waals surface area contributed by atoms with Crippen molar-refractivity contribution in [2.24, 2.45) is 0 Å². The highest BCUT2D eigenvalue weighted by Crippen LogP contribution is 2.25. The van der Waals surface area contributed by atoms with Crippen molar-refractivity contribution in [2.75, 3.05) is 26.8 Å². The van der Waals surface area contributed by atoms with E-state index in [1.165, 1.54) is 4.88 Å². The van der Waals surface area contributed by atoms with Crippen molar-refractivity contribution in [2.45, 2.75) is 6.17 Å². The van der Waals surface area contributed by atoms with Crippen LogP contribution in [0.5, 0.6) is 0 Å². The molecule has 0 bridgehead atoms. The molecule has 1 aliphatic heterocycles. The maximum Gasteiger partial charge on any atom is 0.238 e. The van der Waals surface area contributed by atoms with Crippen LogP contribution in [-0.2, 0) is 9.53 Å². The summed E-state index contributed by atoms with van der Waals surface area (Å²) in [5.74, 6) is 0.144. The van der Waals surface area contributed by atoms with Gasteiger partial charge in [-0.3, -0.25) is 10.1 Å². The lowest BCUT2D eigenvalue weighted by atomic mass is 10.3. The average molecular weight is 226 g/mol. The van der Waals surface area contributed by atoms with Crippen LogP contribution in [0.1, 0.15) is 11.0 Å². The van der Waals surface area contributed by atoms with Crippen LogP contribution in [0.4, 0.5) is 0 Å². The molecule has 1 atom stereocenters. The largest absolute Gasteiger partial charge is 0.383 e. The average Bonchev–Trinajstić information content (AvgIpc) is 2.84. The molecule has 1 N–H and O–H groups in total. The van der Waals surface area contributed by atoms with Crippen LogP contribution in [0.2, 0.25) is 0 Å². The zero-order valence-electron chi connectivity index (χ0n) is 8.60. The van der Waals surface area contributed by atoms with Gasteiger partial charge in [0, 0.05) is 18.5 Å². The van der Waals surface area contributed by atoms with Crippen LogP contribution in [0.15, 0.2) is 17.5 Å². The van der Waals surface area contributed by atoms with E-state index >= 15 is 0 Å². The number of rotatable bonds is 4. The summed E-state index contributed by atoms with van der Waals surface area (Å²) >= 11 is 1.66. The first-order chi connectivity index (χ1) is 7.33. The second kappa shape index (κ2) is 4.74. The fourth-order valence-electron chi connectivity index (χ4n) is 1.68. The third-order valence-corrected chi connectivity index (χ3v) is 3.35. The second-order valence-electron chi connectivity index (χ2n) is 3.38. The minimum Gasteiger partial charge on any atom is -0.383 e. The Morgan fingerprint density at radius 1 is 1.73 bits per heavy atom. The van der Waals surface area contributed by atoms with E-state index in [0.29, 0.717) is 19.7 Å². The quantitative estimate of drug-likeness (QED) is 0.826. The molecular formula is C10H14N2O2S. The van der Waals surface area contributed by atoms with Gasteiger partial charge >= 0.3 is 0 Å². The maximum atomic E-state index is 11.6. The van der Waals surface area contributed by atoms with E-state index in [0.717, 1.165) is 0 Å². The summed E-state index contributed by atoms with van der Waals surface area (Å²) in [6.07, 6.45) is 0.0349. The van der Waals surface area contributed by atoms with Crippen molar-refractivity contribution in [3.63, 3.8) is 0 Å². The topological polar surface area (TPSA) is 41.6 Å². The summed E-state index contributed by atoms with van der Waals surface area (Å²) in [5, 5.41) is 5.22. The standard InChI is InChI=1S/C10H14N2O2S/c1-14-5-4-12-9(13)7-11-10(12)8-3-2-6-15-8/h2-3,6,10-11H,4-5,7H2,1H3. The summed E-state index contributed by atoms with van der Waals surface area (Å²) in [5.41, 5.74) is 0. The van der Waals surface area contributed by atoms with E-state index in [9.17, 15) is 4.79 Å². The Labute approximate surface area is 92.8 Å². The summed E-state index contributed by atoms with van der Waals surface area (Å²) in [7, 11) is 1.65. The molecule has 1 aromatic rings. The molecule has 2 rings (SSSR count). The summed E-state index contributed by atoms with van der Waals surface area (Å²) < 4.78 is 5.00. The number of methoxy groups -OCH3 is 1. The van der Waals surface area contributed by atoms with Crippen LogP contribution in [0, 0.1) is 0 Å². The van der Waals surface area contributed by atoms with Gasteiger partial charge in [0.2, 0.25) is 5.91 Å². The lowest BCUT2D eigenvalue weighted by Gasteiger charge is -2.22. The van der Waals surface area contributed by atoms with Gasteiger partial charge < -0.3 is 9.64 Å². The van der Waals surface area contributed by atoms with Gasteiger partial charge in [0.15, 0.2) is 0 Å². The highest BCUT2D eigenvalue weighted by molar-refractivity contribution is 7.10. The van der Waals surface area contributed by atoms with E-state index < -0.39 is 0 Å². The molecule has 82 valence electrons. The number of amides is 1. The fourth-order valence-corrected chi connectivity index (χ4v) is 2.50. The fraction of sp³-hybridized carbons (Fsp3) is 0.500. The van der Waals surface area contributed by atoms with Gasteiger partial charge in [-0.2, -0.15) is 0 Å². The number of thiophene rings is 1. The molecule has 0 radical (unpaired) electrons. The molecular weight excluding hydrogens is 212 g/mol. The summed E-state index contributed by atoms with van der Waals surface area (Å²) in [6.45, 7) is 1.65. The van der Waals surface area contributed by atoms with Crippen LogP contribution in [-0.4, -0.2) is 37.6 Å². The normalized spacial score (nSPS) is 21.3. The third kappa shape index (κ3) is 2.19. The predicted molar refractivity (Wildman–Crippen MR) is 58.7 cm³/mol. The van der Waals surface area contributed by atoms with Gasteiger partial charge in [-0.05, 0) is 11.4 Å². The molecule has 1 aromatic heterocycles. The Bertz CT molecular complexity index is 326. The van der Waals surface area contributed by atoms with Crippen molar-refractivity contribution < 1.29 is 9.53 Å². The molecule has 5 heteroatoms. The zero-order valence-corrected chi connectivity index (χ0v) is 9.42. The van der Waals surface area contributed by atoms with Crippen molar-refractivity contribution in [1.29, 1.82) is 0 Å². The van der Waals surface area contributed by atoms with Gasteiger partial charge in [0.05, 0.1) is 13.2 Å². The molecule has 15 heavy (non-hydrogen) atoms. The molecule has 2 heterocycles. The first-order valence-electron chi connectivity index (χ1n) is 4.88. The molecule has 4 nitrogen and oxygen atoms in total. The van der Waals surface area contributed by atoms with Gasteiger partial charge in [-0.25, -0.2) is 0 Å². The van der Waals surface area contributed by atoms with E-state index in [-0.39, 0.29) is 12.1 Å². The summed E-state index contributed by atoms with van der Waals surface area (Å²) in [4.78, 5) is 14.6. The Kier molecular flexibility index (Phi) is 3.35. The molecule has 0 aliphatic carbocycles. The SMILES string of the molecule is COCCN1C(=O)CNC1c1cccs1. The van der Waals surface area contributed by atoms with E-state index in [4.69, 9.17) is 4.74 Å². The summed E-state index contributed by atoms with van der Waals surface area (Å²) in [6, 6.07) is 4.04. The monoisotopic (exact) mass is 226 g/mol.